The van der Waals surface area contributed by atoms with Crippen molar-refractivity contribution < 1.29 is 38.6 Å². The van der Waals surface area contributed by atoms with Crippen LogP contribution in [0.5, 0.6) is 0 Å². The van der Waals surface area contributed by atoms with Crippen LogP contribution >= 0.6 is 0 Å². The number of carbonyl (C=O) groups is 4. The molecule has 43 heavy (non-hydrogen) atoms. The van der Waals surface area contributed by atoms with Gasteiger partial charge in [-0.2, -0.15) is 0 Å². The van der Waals surface area contributed by atoms with Gasteiger partial charge in [0.1, 0.15) is 30.7 Å². The molecule has 2 aliphatic rings. The number of ketones is 1. The Labute approximate surface area is 247 Å². The Balaban J connectivity index is 1.30. The summed E-state index contributed by atoms with van der Waals surface area (Å²) in [5.41, 5.74) is 0.684. The molecule has 2 aliphatic heterocycles. The lowest BCUT2D eigenvalue weighted by atomic mass is 9.83. The van der Waals surface area contributed by atoms with Gasteiger partial charge in [-0.1, -0.05) is 73.6 Å². The van der Waals surface area contributed by atoms with Crippen molar-refractivity contribution in [2.45, 2.75) is 44.8 Å². The van der Waals surface area contributed by atoms with Gasteiger partial charge in [-0.25, -0.2) is 4.79 Å². The average molecular weight is 586 g/mol. The number of aliphatic carboxylic acids is 1. The number of fused-ring (bicyclic) bond motifs is 1. The number of cyclic esters (lactones) is 1. The van der Waals surface area contributed by atoms with Gasteiger partial charge in [-0.15, -0.1) is 0 Å². The van der Waals surface area contributed by atoms with Crippen molar-refractivity contribution in [1.29, 1.82) is 0 Å². The van der Waals surface area contributed by atoms with Crippen LogP contribution in [0.3, 0.4) is 0 Å². The van der Waals surface area contributed by atoms with E-state index in [2.05, 4.69) is 15.5 Å². The summed E-state index contributed by atoms with van der Waals surface area (Å²) in [5.74, 6) is -3.39. The molecule has 1 aromatic heterocycles. The monoisotopic (exact) mass is 585 g/mol. The molecule has 0 unspecified atom stereocenters. The van der Waals surface area contributed by atoms with E-state index >= 15 is 0 Å². The van der Waals surface area contributed by atoms with Gasteiger partial charge in [0.25, 0.3) is 5.91 Å². The highest BCUT2D eigenvalue weighted by Gasteiger charge is 2.51. The molecule has 3 heterocycles. The van der Waals surface area contributed by atoms with Crippen molar-refractivity contribution >= 4 is 40.1 Å². The summed E-state index contributed by atoms with van der Waals surface area (Å²) in [6, 6.07) is 17.3. The topological polar surface area (TPSA) is 153 Å². The Morgan fingerprint density at radius 1 is 1.07 bits per heavy atom. The number of carbonyl (C=O) groups excluding carboxylic acids is 3. The number of pyridine rings is 1. The van der Waals surface area contributed by atoms with Gasteiger partial charge in [-0.3, -0.25) is 19.4 Å². The predicted molar refractivity (Wildman–Crippen MR) is 155 cm³/mol. The van der Waals surface area contributed by atoms with Crippen molar-refractivity contribution in [3.05, 3.63) is 89.5 Å². The maximum Gasteiger partial charge on any atom is 0.338 e. The van der Waals surface area contributed by atoms with Crippen molar-refractivity contribution in [3.63, 3.8) is 0 Å². The Morgan fingerprint density at radius 3 is 2.56 bits per heavy atom. The maximum atomic E-state index is 13.7. The molecular formula is C32H31N3O8. The maximum absolute atomic E-state index is 13.7. The number of carboxylic acids is 1. The number of hydrogen-bond acceptors (Lipinski definition) is 9. The molecule has 0 radical (unpaired) electrons. The summed E-state index contributed by atoms with van der Waals surface area (Å²) < 4.78 is 10.8. The molecule has 5 rings (SSSR count). The highest BCUT2D eigenvalue weighted by Crippen LogP contribution is 2.35. The van der Waals surface area contributed by atoms with Crippen LogP contribution in [0.1, 0.15) is 37.9 Å². The van der Waals surface area contributed by atoms with Crippen LogP contribution in [0.4, 0.5) is 0 Å². The molecule has 11 nitrogen and oxygen atoms in total. The summed E-state index contributed by atoms with van der Waals surface area (Å²) in [6.45, 7) is 2.85. The number of benzene rings is 2. The van der Waals surface area contributed by atoms with Crippen LogP contribution in [0, 0.1) is 5.92 Å². The molecule has 3 aromatic rings. The van der Waals surface area contributed by atoms with Crippen LogP contribution in [0.25, 0.3) is 10.8 Å². The molecule has 222 valence electrons. The molecule has 0 spiro atoms. The lowest BCUT2D eigenvalue weighted by molar-refractivity contribution is -0.152. The van der Waals surface area contributed by atoms with Crippen molar-refractivity contribution in [2.75, 3.05) is 13.2 Å². The third-order valence-electron chi connectivity index (χ3n) is 7.62. The van der Waals surface area contributed by atoms with Crippen LogP contribution in [0.15, 0.2) is 83.3 Å². The predicted octanol–water partition coefficient (Wildman–Crippen LogP) is 3.35. The van der Waals surface area contributed by atoms with E-state index in [1.165, 1.54) is 0 Å². The molecule has 1 amide bonds. The Morgan fingerprint density at radius 2 is 1.81 bits per heavy atom. The first-order valence-corrected chi connectivity index (χ1v) is 13.9. The minimum atomic E-state index is -1.50. The van der Waals surface area contributed by atoms with Crippen LogP contribution in [0.2, 0.25) is 0 Å². The van der Waals surface area contributed by atoms with Crippen LogP contribution in [-0.4, -0.2) is 64.3 Å². The number of nitrogens with zero attached hydrogens (tertiary/aromatic N) is 2. The molecule has 0 saturated heterocycles. The van der Waals surface area contributed by atoms with Gasteiger partial charge in [-0.05, 0) is 17.0 Å². The largest absolute Gasteiger partial charge is 0.486 e. The highest BCUT2D eigenvalue weighted by atomic mass is 16.7. The van der Waals surface area contributed by atoms with Crippen molar-refractivity contribution in [1.82, 2.24) is 10.3 Å². The SMILES string of the molecule is CC(C)[C@]1(C(=O)N[C@@H](CC(=O)O)C(=O)COC2=C(Cc3ccccc3)C(=O)OC2)CC(c2nccc3ccccc23)=NO1. The van der Waals surface area contributed by atoms with Gasteiger partial charge in [0.15, 0.2) is 5.78 Å². The second-order valence-corrected chi connectivity index (χ2v) is 10.8. The van der Waals surface area contributed by atoms with E-state index < -0.39 is 54.2 Å². The number of Topliss-reactive ketones (excluding diaryl/α,β-unsaturated/α-hetero) is 1. The summed E-state index contributed by atoms with van der Waals surface area (Å²) in [4.78, 5) is 61.1. The van der Waals surface area contributed by atoms with E-state index in [9.17, 15) is 24.3 Å². The quantitative estimate of drug-likeness (QED) is 0.305. The number of ether oxygens (including phenoxy) is 2. The number of nitrogens with one attached hydrogen (secondary N) is 1. The summed E-state index contributed by atoms with van der Waals surface area (Å²) in [5, 5.41) is 18.1. The van der Waals surface area contributed by atoms with E-state index in [0.717, 1.165) is 16.3 Å². The third-order valence-corrected chi connectivity index (χ3v) is 7.62. The van der Waals surface area contributed by atoms with Gasteiger partial charge in [0, 0.05) is 30.3 Å². The molecule has 2 atom stereocenters. The Kier molecular flexibility index (Phi) is 8.51. The fraction of sp³-hybridized carbons (Fsp3) is 0.312. The normalized spacial score (nSPS) is 18.7. The average Bonchev–Trinajstić information content (AvgIpc) is 3.60. The minimum Gasteiger partial charge on any atom is -0.486 e. The second kappa shape index (κ2) is 12.4. The molecule has 0 saturated carbocycles. The number of hydrogen-bond donors (Lipinski definition) is 2. The minimum absolute atomic E-state index is 0.0666. The first-order chi connectivity index (χ1) is 20.7. The zero-order valence-electron chi connectivity index (χ0n) is 23.7. The first-order valence-electron chi connectivity index (χ1n) is 13.9. The van der Waals surface area contributed by atoms with Gasteiger partial charge >= 0.3 is 11.9 Å². The fourth-order valence-electron chi connectivity index (χ4n) is 5.10. The van der Waals surface area contributed by atoms with E-state index in [1.54, 1.807) is 20.0 Å². The second-order valence-electron chi connectivity index (χ2n) is 10.8. The molecule has 2 N–H and O–H groups in total. The number of aromatic nitrogens is 1. The lowest BCUT2D eigenvalue weighted by Gasteiger charge is -2.30. The van der Waals surface area contributed by atoms with Crippen molar-refractivity contribution in [2.24, 2.45) is 11.1 Å². The Bertz CT molecular complexity index is 1630. The number of carboxylic acid groups (broad SMARTS) is 1. The lowest BCUT2D eigenvalue weighted by Crippen LogP contribution is -2.56. The highest BCUT2D eigenvalue weighted by molar-refractivity contribution is 6.12. The van der Waals surface area contributed by atoms with E-state index in [-0.39, 0.29) is 30.8 Å². The smallest absolute Gasteiger partial charge is 0.338 e. The molecule has 0 fully saturated rings. The standard InChI is InChI=1S/C32H31N3O8/c1-19(2)32(16-25(35-43-32)29-22-11-7-6-10-21(22)12-13-33-29)31(40)34-24(15-28(37)38)26(36)17-41-27-18-42-30(39)23(27)14-20-8-4-3-5-9-20/h3-13,19,24H,14-18H2,1-2H3,(H,34,40)(H,37,38)/t24-,32-/m0/s1. The van der Waals surface area contributed by atoms with Crippen molar-refractivity contribution in [3.8, 4) is 0 Å². The van der Waals surface area contributed by atoms with Gasteiger partial charge in [0.2, 0.25) is 5.60 Å². The zero-order chi connectivity index (χ0) is 30.6. The number of amides is 1. The third kappa shape index (κ3) is 6.25. The summed E-state index contributed by atoms with van der Waals surface area (Å²) in [7, 11) is 0. The Hall–Kier alpha value is -5.06. The molecule has 2 aromatic carbocycles. The number of rotatable bonds is 12. The molecule has 0 bridgehead atoms. The number of esters is 1. The summed E-state index contributed by atoms with van der Waals surface area (Å²) in [6.07, 6.45) is 1.30. The summed E-state index contributed by atoms with van der Waals surface area (Å²) >= 11 is 0. The molecule has 11 heteroatoms. The van der Waals surface area contributed by atoms with E-state index in [1.807, 2.05) is 60.7 Å². The number of oxime groups is 1. The van der Waals surface area contributed by atoms with Gasteiger partial charge in [0.05, 0.1) is 17.7 Å². The molecular weight excluding hydrogens is 554 g/mol. The molecule has 0 aliphatic carbocycles. The first kappa shape index (κ1) is 29.4. The van der Waals surface area contributed by atoms with E-state index in [4.69, 9.17) is 14.3 Å². The fourth-order valence-corrected chi connectivity index (χ4v) is 5.10. The zero-order valence-corrected chi connectivity index (χ0v) is 23.7. The van der Waals surface area contributed by atoms with E-state index in [0.29, 0.717) is 11.4 Å². The van der Waals surface area contributed by atoms with Gasteiger partial charge < -0.3 is 24.7 Å². The van der Waals surface area contributed by atoms with Crippen LogP contribution < -0.4 is 5.32 Å². The van der Waals surface area contributed by atoms with Crippen LogP contribution in [-0.2, 0) is 39.9 Å².